The van der Waals surface area contributed by atoms with Crippen molar-refractivity contribution in [1.29, 1.82) is 0 Å². The zero-order valence-electron chi connectivity index (χ0n) is 16.8. The van der Waals surface area contributed by atoms with Gasteiger partial charge in [-0.15, -0.1) is 10.2 Å². The lowest BCUT2D eigenvalue weighted by Gasteiger charge is -2.35. The molecule has 2 heterocycles. The van der Waals surface area contributed by atoms with Gasteiger partial charge in [0, 0.05) is 37.8 Å². The van der Waals surface area contributed by atoms with Gasteiger partial charge in [-0.25, -0.2) is 0 Å². The van der Waals surface area contributed by atoms with Crippen LogP contribution in [0.25, 0.3) is 0 Å². The number of aromatic nitrogens is 3. The predicted octanol–water partition coefficient (Wildman–Crippen LogP) is 3.76. The van der Waals surface area contributed by atoms with Gasteiger partial charge in [-0.05, 0) is 37.1 Å². The molecule has 2 fully saturated rings. The smallest absolute Gasteiger partial charge is 0.336 e. The Hall–Kier alpha value is -2.42. The molecule has 2 aromatic rings. The molecular formula is C21H26F3N5O. The van der Waals surface area contributed by atoms with Crippen LogP contribution in [0.4, 0.5) is 13.2 Å². The minimum absolute atomic E-state index is 0.228. The number of rotatable bonds is 4. The molecule has 1 saturated heterocycles. The second kappa shape index (κ2) is 8.75. The van der Waals surface area contributed by atoms with E-state index in [-0.39, 0.29) is 11.5 Å². The monoisotopic (exact) mass is 421 g/mol. The van der Waals surface area contributed by atoms with Crippen LogP contribution >= 0.6 is 0 Å². The van der Waals surface area contributed by atoms with Crippen LogP contribution in [0.5, 0.6) is 0 Å². The van der Waals surface area contributed by atoms with Crippen LogP contribution in [-0.2, 0) is 12.7 Å². The van der Waals surface area contributed by atoms with Gasteiger partial charge < -0.3 is 9.47 Å². The molecule has 0 N–H and O–H groups in total. The van der Waals surface area contributed by atoms with Crippen LogP contribution in [0.1, 0.15) is 59.9 Å². The molecular weight excluding hydrogens is 395 g/mol. The maximum absolute atomic E-state index is 12.7. The van der Waals surface area contributed by atoms with Crippen LogP contribution in [0.2, 0.25) is 0 Å². The van der Waals surface area contributed by atoms with Gasteiger partial charge >= 0.3 is 6.18 Å². The van der Waals surface area contributed by atoms with Crippen molar-refractivity contribution in [2.75, 3.05) is 26.2 Å². The summed E-state index contributed by atoms with van der Waals surface area (Å²) in [6, 6.07) is 4.91. The topological polar surface area (TPSA) is 54.3 Å². The number of carbonyl (C=O) groups is 1. The molecule has 162 valence electrons. The molecule has 30 heavy (non-hydrogen) atoms. The molecule has 0 spiro atoms. The zero-order chi connectivity index (χ0) is 21.1. The lowest BCUT2D eigenvalue weighted by Crippen LogP contribution is -2.48. The largest absolute Gasteiger partial charge is 0.416 e. The molecule has 0 radical (unpaired) electrons. The fourth-order valence-electron chi connectivity index (χ4n) is 4.34. The standard InChI is InChI=1S/C21H26F3N5O/c22-21(23,24)17-8-6-16(7-9-17)20(30)28-12-10-27(11-13-28)14-19-26-25-15-29(19)18-4-2-1-3-5-18/h6-9,15,18H,1-5,10-14H2. The SMILES string of the molecule is O=C(c1ccc(C(F)(F)F)cc1)N1CCN(Cc2nncn2C2CCCCC2)CC1. The molecule has 1 amide bonds. The van der Waals surface area contributed by atoms with Crippen molar-refractivity contribution in [3.05, 3.63) is 47.5 Å². The Morgan fingerprint density at radius 3 is 2.30 bits per heavy atom. The maximum Gasteiger partial charge on any atom is 0.416 e. The molecule has 1 aliphatic carbocycles. The Labute approximate surface area is 173 Å². The van der Waals surface area contributed by atoms with Crippen LogP contribution in [0.15, 0.2) is 30.6 Å². The number of halogens is 3. The van der Waals surface area contributed by atoms with Crippen LogP contribution in [0.3, 0.4) is 0 Å². The number of amides is 1. The first-order valence-corrected chi connectivity index (χ1v) is 10.5. The highest BCUT2D eigenvalue weighted by Gasteiger charge is 2.31. The number of carbonyl (C=O) groups excluding carboxylic acids is 1. The minimum atomic E-state index is -4.40. The van der Waals surface area contributed by atoms with Crippen molar-refractivity contribution in [1.82, 2.24) is 24.6 Å². The molecule has 0 bridgehead atoms. The molecule has 9 heteroatoms. The summed E-state index contributed by atoms with van der Waals surface area (Å²) in [7, 11) is 0. The van der Waals surface area contributed by atoms with Crippen molar-refractivity contribution < 1.29 is 18.0 Å². The number of piperazine rings is 1. The third-order valence-electron chi connectivity index (χ3n) is 6.10. The molecule has 6 nitrogen and oxygen atoms in total. The van der Waals surface area contributed by atoms with E-state index in [0.717, 1.165) is 18.0 Å². The number of hydrogen-bond acceptors (Lipinski definition) is 4. The van der Waals surface area contributed by atoms with E-state index in [0.29, 0.717) is 38.8 Å². The summed E-state index contributed by atoms with van der Waals surface area (Å²) in [6.07, 6.45) is 3.55. The molecule has 0 atom stereocenters. The van der Waals surface area contributed by atoms with E-state index < -0.39 is 11.7 Å². The van der Waals surface area contributed by atoms with E-state index in [4.69, 9.17) is 0 Å². The summed E-state index contributed by atoms with van der Waals surface area (Å²) in [6.45, 7) is 3.17. The Morgan fingerprint density at radius 2 is 1.67 bits per heavy atom. The lowest BCUT2D eigenvalue weighted by atomic mass is 9.95. The van der Waals surface area contributed by atoms with Gasteiger partial charge in [-0.3, -0.25) is 9.69 Å². The molecule has 4 rings (SSSR count). The van der Waals surface area contributed by atoms with Gasteiger partial charge in [0.1, 0.15) is 12.2 Å². The molecule has 0 unspecified atom stereocenters. The van der Waals surface area contributed by atoms with E-state index in [1.165, 1.54) is 44.2 Å². The number of alkyl halides is 3. The molecule has 1 aromatic carbocycles. The quantitative estimate of drug-likeness (QED) is 0.754. The Kier molecular flexibility index (Phi) is 6.08. The first-order valence-electron chi connectivity index (χ1n) is 10.5. The van der Waals surface area contributed by atoms with Gasteiger partial charge in [0.25, 0.3) is 5.91 Å². The zero-order valence-corrected chi connectivity index (χ0v) is 16.8. The fourth-order valence-corrected chi connectivity index (χ4v) is 4.34. The van der Waals surface area contributed by atoms with E-state index in [9.17, 15) is 18.0 Å². The lowest BCUT2D eigenvalue weighted by molar-refractivity contribution is -0.137. The average Bonchev–Trinajstić information content (AvgIpc) is 3.22. The normalized spacial score (nSPS) is 19.2. The van der Waals surface area contributed by atoms with Crippen molar-refractivity contribution >= 4 is 5.91 Å². The van der Waals surface area contributed by atoms with Crippen LogP contribution < -0.4 is 0 Å². The summed E-state index contributed by atoms with van der Waals surface area (Å²) < 4.78 is 40.3. The highest BCUT2D eigenvalue weighted by Crippen LogP contribution is 2.30. The molecule has 2 aliphatic rings. The first kappa shape index (κ1) is 20.8. The summed E-state index contributed by atoms with van der Waals surface area (Å²) >= 11 is 0. The summed E-state index contributed by atoms with van der Waals surface area (Å²) in [4.78, 5) is 16.6. The number of hydrogen-bond donors (Lipinski definition) is 0. The summed E-state index contributed by atoms with van der Waals surface area (Å²) in [5.41, 5.74) is -0.459. The van der Waals surface area contributed by atoms with E-state index in [1.807, 2.05) is 6.33 Å². The predicted molar refractivity (Wildman–Crippen MR) is 105 cm³/mol. The van der Waals surface area contributed by atoms with Crippen molar-refractivity contribution in [2.24, 2.45) is 0 Å². The Bertz CT molecular complexity index is 850. The second-order valence-corrected chi connectivity index (χ2v) is 8.09. The summed E-state index contributed by atoms with van der Waals surface area (Å²) in [5.74, 6) is 0.734. The van der Waals surface area contributed by atoms with Gasteiger partial charge in [0.05, 0.1) is 12.1 Å². The average molecular weight is 421 g/mol. The molecule has 1 aromatic heterocycles. The third kappa shape index (κ3) is 4.66. The highest BCUT2D eigenvalue weighted by atomic mass is 19.4. The maximum atomic E-state index is 12.7. The summed E-state index contributed by atoms with van der Waals surface area (Å²) in [5, 5.41) is 8.43. The van der Waals surface area contributed by atoms with Crippen LogP contribution in [0, 0.1) is 0 Å². The molecule has 1 aliphatic heterocycles. The Morgan fingerprint density at radius 1 is 1.00 bits per heavy atom. The van der Waals surface area contributed by atoms with Gasteiger partial charge in [-0.1, -0.05) is 19.3 Å². The molecule has 1 saturated carbocycles. The minimum Gasteiger partial charge on any atom is -0.336 e. The van der Waals surface area contributed by atoms with Gasteiger partial charge in [-0.2, -0.15) is 13.2 Å². The van der Waals surface area contributed by atoms with Crippen molar-refractivity contribution in [3.63, 3.8) is 0 Å². The van der Waals surface area contributed by atoms with Crippen LogP contribution in [-0.4, -0.2) is 56.7 Å². The van der Waals surface area contributed by atoms with Crippen molar-refractivity contribution in [3.8, 4) is 0 Å². The number of nitrogens with zero attached hydrogens (tertiary/aromatic N) is 5. The van der Waals surface area contributed by atoms with E-state index in [2.05, 4.69) is 19.7 Å². The first-order chi connectivity index (χ1) is 14.4. The van der Waals surface area contributed by atoms with E-state index >= 15 is 0 Å². The van der Waals surface area contributed by atoms with E-state index in [1.54, 1.807) is 4.90 Å². The highest BCUT2D eigenvalue weighted by molar-refractivity contribution is 5.94. The fraction of sp³-hybridized carbons (Fsp3) is 0.571. The Balaban J connectivity index is 1.32. The third-order valence-corrected chi connectivity index (χ3v) is 6.10. The van der Waals surface area contributed by atoms with Gasteiger partial charge in [0.15, 0.2) is 0 Å². The van der Waals surface area contributed by atoms with Crippen molar-refractivity contribution in [2.45, 2.75) is 50.9 Å². The van der Waals surface area contributed by atoms with Gasteiger partial charge in [0.2, 0.25) is 0 Å². The number of benzene rings is 1. The second-order valence-electron chi connectivity index (χ2n) is 8.09.